The average Bonchev–Trinajstić information content (AvgIpc) is 2.40. The van der Waals surface area contributed by atoms with Crippen LogP contribution in [0.2, 0.25) is 0 Å². The van der Waals surface area contributed by atoms with Crippen LogP contribution in [0.1, 0.15) is 41.0 Å². The lowest BCUT2D eigenvalue weighted by Gasteiger charge is -2.20. The molecule has 1 aromatic heterocycles. The lowest BCUT2D eigenvalue weighted by Crippen LogP contribution is -2.24. The fourth-order valence-electron chi connectivity index (χ4n) is 2.20. The summed E-state index contributed by atoms with van der Waals surface area (Å²) in [7, 11) is 0. The van der Waals surface area contributed by atoms with Gasteiger partial charge in [-0.15, -0.1) is 0 Å². The minimum atomic E-state index is 0.109. The first-order valence-corrected chi connectivity index (χ1v) is 6.71. The van der Waals surface area contributed by atoms with Crippen molar-refractivity contribution in [2.24, 2.45) is 0 Å². The van der Waals surface area contributed by atoms with Crippen LogP contribution >= 0.6 is 0 Å². The molecule has 0 spiro atoms. The van der Waals surface area contributed by atoms with Crippen LogP contribution in [0.25, 0.3) is 0 Å². The fourth-order valence-corrected chi connectivity index (χ4v) is 2.20. The van der Waals surface area contributed by atoms with Crippen molar-refractivity contribution in [3.8, 4) is 0 Å². The van der Waals surface area contributed by atoms with Crippen molar-refractivity contribution in [1.82, 2.24) is 15.3 Å². The fraction of sp³-hybridized carbons (Fsp3) is 0.375. The molecule has 1 aromatic carbocycles. The Hall–Kier alpha value is -1.74. The lowest BCUT2D eigenvalue weighted by molar-refractivity contribution is 0.609. The Morgan fingerprint density at radius 1 is 1.11 bits per heavy atom. The molecule has 3 nitrogen and oxygen atoms in total. The summed E-state index contributed by atoms with van der Waals surface area (Å²) in [6.45, 7) is 9.22. The highest BCUT2D eigenvalue weighted by molar-refractivity contribution is 5.36. The normalized spacial score (nSPS) is 12.4. The summed E-state index contributed by atoms with van der Waals surface area (Å²) in [5.74, 6) is 0. The second kappa shape index (κ2) is 5.93. The largest absolute Gasteiger partial charge is 0.305 e. The Morgan fingerprint density at radius 2 is 1.89 bits per heavy atom. The monoisotopic (exact) mass is 255 g/mol. The van der Waals surface area contributed by atoms with E-state index in [1.54, 1.807) is 0 Å². The van der Waals surface area contributed by atoms with Gasteiger partial charge in [-0.3, -0.25) is 9.97 Å². The second-order valence-corrected chi connectivity index (χ2v) is 4.93. The summed E-state index contributed by atoms with van der Waals surface area (Å²) < 4.78 is 0. The summed E-state index contributed by atoms with van der Waals surface area (Å²) in [4.78, 5) is 8.88. The second-order valence-electron chi connectivity index (χ2n) is 4.93. The third kappa shape index (κ3) is 3.18. The van der Waals surface area contributed by atoms with Gasteiger partial charge in [0, 0.05) is 6.20 Å². The molecule has 3 heteroatoms. The molecular weight excluding hydrogens is 234 g/mol. The number of aryl methyl sites for hydroxylation is 3. The van der Waals surface area contributed by atoms with Gasteiger partial charge in [-0.1, -0.05) is 30.7 Å². The van der Waals surface area contributed by atoms with E-state index in [1.165, 1.54) is 16.7 Å². The molecule has 0 aliphatic heterocycles. The predicted octanol–water partition coefficient (Wildman–Crippen LogP) is 3.10. The average molecular weight is 255 g/mol. The molecule has 2 rings (SSSR count). The van der Waals surface area contributed by atoms with Gasteiger partial charge < -0.3 is 5.32 Å². The Labute approximate surface area is 115 Å². The van der Waals surface area contributed by atoms with E-state index in [4.69, 9.17) is 0 Å². The molecule has 0 fully saturated rings. The van der Waals surface area contributed by atoms with Gasteiger partial charge in [0.2, 0.25) is 0 Å². The van der Waals surface area contributed by atoms with Gasteiger partial charge in [-0.25, -0.2) is 0 Å². The Balaban J connectivity index is 2.44. The molecule has 1 unspecified atom stereocenters. The zero-order chi connectivity index (χ0) is 13.8. The molecule has 19 heavy (non-hydrogen) atoms. The van der Waals surface area contributed by atoms with Crippen molar-refractivity contribution < 1.29 is 0 Å². The number of nitrogens with zero attached hydrogens (tertiary/aromatic N) is 2. The minimum Gasteiger partial charge on any atom is -0.305 e. The molecule has 0 saturated carbocycles. The number of aromatic nitrogens is 2. The molecule has 0 saturated heterocycles. The van der Waals surface area contributed by atoms with Gasteiger partial charge in [0.1, 0.15) is 0 Å². The van der Waals surface area contributed by atoms with Crippen LogP contribution in [-0.4, -0.2) is 16.5 Å². The van der Waals surface area contributed by atoms with Crippen LogP contribution < -0.4 is 5.32 Å². The molecule has 100 valence electrons. The standard InChI is InChI=1S/C16H21N3/c1-5-17-16(15-10-18-13(4)9-19-15)14-8-11(2)6-7-12(14)3/h6-10,16-17H,5H2,1-4H3. The highest BCUT2D eigenvalue weighted by Crippen LogP contribution is 2.24. The van der Waals surface area contributed by atoms with Crippen LogP contribution in [0.4, 0.5) is 0 Å². The van der Waals surface area contributed by atoms with E-state index >= 15 is 0 Å². The summed E-state index contributed by atoms with van der Waals surface area (Å²) in [6, 6.07) is 6.64. The zero-order valence-corrected chi connectivity index (χ0v) is 12.1. The van der Waals surface area contributed by atoms with Crippen molar-refractivity contribution in [1.29, 1.82) is 0 Å². The van der Waals surface area contributed by atoms with E-state index < -0.39 is 0 Å². The first kappa shape index (κ1) is 13.7. The van der Waals surface area contributed by atoms with Crippen molar-refractivity contribution >= 4 is 0 Å². The predicted molar refractivity (Wildman–Crippen MR) is 78.2 cm³/mol. The van der Waals surface area contributed by atoms with Gasteiger partial charge in [0.05, 0.1) is 23.6 Å². The molecule has 1 atom stereocenters. The zero-order valence-electron chi connectivity index (χ0n) is 12.1. The maximum Gasteiger partial charge on any atom is 0.0801 e. The first-order valence-electron chi connectivity index (χ1n) is 6.71. The SMILES string of the molecule is CCNC(c1cnc(C)cn1)c1cc(C)ccc1C. The van der Waals surface area contributed by atoms with E-state index in [-0.39, 0.29) is 6.04 Å². The van der Waals surface area contributed by atoms with Gasteiger partial charge >= 0.3 is 0 Å². The van der Waals surface area contributed by atoms with Gasteiger partial charge in [0.15, 0.2) is 0 Å². The molecule has 0 aliphatic rings. The van der Waals surface area contributed by atoms with Crippen molar-refractivity contribution in [3.05, 3.63) is 58.7 Å². The van der Waals surface area contributed by atoms with E-state index in [1.807, 2.05) is 19.3 Å². The Bertz CT molecular complexity index is 546. The Morgan fingerprint density at radius 3 is 2.53 bits per heavy atom. The van der Waals surface area contributed by atoms with Gasteiger partial charge in [-0.05, 0) is 38.4 Å². The third-order valence-corrected chi connectivity index (χ3v) is 3.25. The number of hydrogen-bond acceptors (Lipinski definition) is 3. The number of hydrogen-bond donors (Lipinski definition) is 1. The first-order chi connectivity index (χ1) is 9.11. The smallest absolute Gasteiger partial charge is 0.0801 e. The minimum absolute atomic E-state index is 0.109. The molecule has 0 amide bonds. The van der Waals surface area contributed by atoms with Gasteiger partial charge in [0.25, 0.3) is 0 Å². The molecule has 0 bridgehead atoms. The maximum atomic E-state index is 4.52. The van der Waals surface area contributed by atoms with Crippen molar-refractivity contribution in [2.75, 3.05) is 6.54 Å². The van der Waals surface area contributed by atoms with Crippen LogP contribution in [0.5, 0.6) is 0 Å². The maximum absolute atomic E-state index is 4.52. The van der Waals surface area contributed by atoms with Crippen LogP contribution in [0, 0.1) is 20.8 Å². The lowest BCUT2D eigenvalue weighted by atomic mass is 9.97. The summed E-state index contributed by atoms with van der Waals surface area (Å²) in [5, 5.41) is 3.50. The summed E-state index contributed by atoms with van der Waals surface area (Å²) >= 11 is 0. The van der Waals surface area contributed by atoms with Gasteiger partial charge in [-0.2, -0.15) is 0 Å². The molecule has 1 N–H and O–H groups in total. The number of benzene rings is 1. The van der Waals surface area contributed by atoms with Crippen molar-refractivity contribution in [2.45, 2.75) is 33.7 Å². The van der Waals surface area contributed by atoms with E-state index in [0.29, 0.717) is 0 Å². The quantitative estimate of drug-likeness (QED) is 0.912. The third-order valence-electron chi connectivity index (χ3n) is 3.25. The molecular formula is C16H21N3. The topological polar surface area (TPSA) is 37.8 Å². The van der Waals surface area contributed by atoms with Crippen LogP contribution in [0.15, 0.2) is 30.6 Å². The molecule has 1 heterocycles. The van der Waals surface area contributed by atoms with Crippen molar-refractivity contribution in [3.63, 3.8) is 0 Å². The van der Waals surface area contributed by atoms with Crippen LogP contribution in [-0.2, 0) is 0 Å². The Kier molecular flexibility index (Phi) is 4.27. The van der Waals surface area contributed by atoms with Crippen LogP contribution in [0.3, 0.4) is 0 Å². The molecule has 0 radical (unpaired) electrons. The highest BCUT2D eigenvalue weighted by Gasteiger charge is 2.16. The summed E-state index contributed by atoms with van der Waals surface area (Å²) in [5.41, 5.74) is 5.74. The van der Waals surface area contributed by atoms with E-state index in [0.717, 1.165) is 17.9 Å². The molecule has 2 aromatic rings. The van der Waals surface area contributed by atoms with E-state index in [9.17, 15) is 0 Å². The number of nitrogens with one attached hydrogen (secondary N) is 1. The van der Waals surface area contributed by atoms with E-state index in [2.05, 4.69) is 54.3 Å². The molecule has 0 aliphatic carbocycles. The highest BCUT2D eigenvalue weighted by atomic mass is 14.9. The summed E-state index contributed by atoms with van der Waals surface area (Å²) in [6.07, 6.45) is 3.69. The number of rotatable bonds is 4.